The zero-order valence-corrected chi connectivity index (χ0v) is 18.3. The Morgan fingerprint density at radius 2 is 1.48 bits per heavy atom. The predicted molar refractivity (Wildman–Crippen MR) is 121 cm³/mol. The van der Waals surface area contributed by atoms with Crippen LogP contribution in [0, 0.1) is 33.1 Å². The minimum atomic E-state index is -0.738. The Hall–Kier alpha value is -2.37. The van der Waals surface area contributed by atoms with Crippen molar-refractivity contribution in [1.29, 1.82) is 0 Å². The third kappa shape index (κ3) is 4.98. The van der Waals surface area contributed by atoms with Crippen molar-refractivity contribution in [2.75, 3.05) is 23.7 Å². The van der Waals surface area contributed by atoms with Crippen LogP contribution in [0.2, 0.25) is 0 Å². The van der Waals surface area contributed by atoms with Gasteiger partial charge in [0.25, 0.3) is 0 Å². The first-order valence-electron chi connectivity index (χ1n) is 9.77. The number of aryl methyl sites for hydroxylation is 2. The molecule has 1 saturated heterocycles. The summed E-state index contributed by atoms with van der Waals surface area (Å²) in [5.41, 5.74) is 5.24. The molecule has 2 aromatic carbocycles. The average Bonchev–Trinajstić information content (AvgIpc) is 3.12. The summed E-state index contributed by atoms with van der Waals surface area (Å²) in [4.78, 5) is 26.0. The Morgan fingerprint density at radius 1 is 0.931 bits per heavy atom. The first kappa shape index (κ1) is 22.9. The number of nitrogens with one attached hydrogen (secondary N) is 3. The molecular weight excluding hydrogens is 386 g/mol. The van der Waals surface area contributed by atoms with Gasteiger partial charge >= 0.3 is 0 Å². The number of amides is 2. The van der Waals surface area contributed by atoms with Crippen molar-refractivity contribution in [2.24, 2.45) is 5.41 Å². The lowest BCUT2D eigenvalue weighted by molar-refractivity contribution is -0.129. The molecule has 0 saturated carbocycles. The minimum Gasteiger partial charge on any atom is -0.326 e. The summed E-state index contributed by atoms with van der Waals surface area (Å²) >= 11 is 0. The number of rotatable bonds is 5. The number of benzene rings is 2. The Labute approximate surface area is 179 Å². The lowest BCUT2D eigenvalue weighted by Gasteiger charge is -2.27. The number of halogens is 1. The molecule has 0 bridgehead atoms. The second-order valence-corrected chi connectivity index (χ2v) is 7.88. The highest BCUT2D eigenvalue weighted by molar-refractivity contribution is 6.01. The molecule has 0 aliphatic carbocycles. The molecule has 0 spiro atoms. The van der Waals surface area contributed by atoms with E-state index in [4.69, 9.17) is 0 Å². The van der Waals surface area contributed by atoms with E-state index in [2.05, 4.69) is 16.0 Å². The van der Waals surface area contributed by atoms with Gasteiger partial charge in [0.15, 0.2) is 0 Å². The number of anilines is 2. The van der Waals surface area contributed by atoms with Crippen LogP contribution in [0.25, 0.3) is 0 Å². The molecule has 6 heteroatoms. The molecule has 1 atom stereocenters. The van der Waals surface area contributed by atoms with E-state index in [1.165, 1.54) is 0 Å². The summed E-state index contributed by atoms with van der Waals surface area (Å²) in [6, 6.07) is 11.7. The Morgan fingerprint density at radius 3 is 2.00 bits per heavy atom. The second-order valence-electron chi connectivity index (χ2n) is 7.88. The van der Waals surface area contributed by atoms with Gasteiger partial charge in [-0.05, 0) is 75.0 Å². The number of hydrogen-bond donors (Lipinski definition) is 3. The van der Waals surface area contributed by atoms with Crippen LogP contribution in [0.15, 0.2) is 36.4 Å². The van der Waals surface area contributed by atoms with Crippen molar-refractivity contribution in [2.45, 2.75) is 40.5 Å². The van der Waals surface area contributed by atoms with Crippen LogP contribution in [0.3, 0.4) is 0 Å². The third-order valence-electron chi connectivity index (χ3n) is 5.96. The summed E-state index contributed by atoms with van der Waals surface area (Å²) in [5.74, 6) is -0.226. The van der Waals surface area contributed by atoms with E-state index in [0.717, 1.165) is 40.2 Å². The van der Waals surface area contributed by atoms with Gasteiger partial charge in [-0.25, -0.2) is 0 Å². The summed E-state index contributed by atoms with van der Waals surface area (Å²) in [7, 11) is 0. The number of hydrogen-bond acceptors (Lipinski definition) is 3. The van der Waals surface area contributed by atoms with E-state index >= 15 is 0 Å². The Kier molecular flexibility index (Phi) is 7.44. The zero-order valence-electron chi connectivity index (χ0n) is 17.5. The number of carbonyl (C=O) groups is 2. The van der Waals surface area contributed by atoms with Crippen molar-refractivity contribution in [3.05, 3.63) is 58.7 Å². The van der Waals surface area contributed by atoms with Gasteiger partial charge in [-0.1, -0.05) is 24.3 Å². The van der Waals surface area contributed by atoms with Crippen molar-refractivity contribution in [3.8, 4) is 0 Å². The van der Waals surface area contributed by atoms with E-state index < -0.39 is 5.41 Å². The smallest absolute Gasteiger partial charge is 0.232 e. The molecule has 3 N–H and O–H groups in total. The summed E-state index contributed by atoms with van der Waals surface area (Å²) in [6.07, 6.45) is 0.800. The highest BCUT2D eigenvalue weighted by Gasteiger charge is 2.43. The number of carbonyl (C=O) groups excluding carboxylic acids is 2. The molecular formula is C23H30ClN3O2. The maximum Gasteiger partial charge on any atom is 0.232 e. The predicted octanol–water partition coefficient (Wildman–Crippen LogP) is 4.29. The van der Waals surface area contributed by atoms with Crippen LogP contribution in [-0.4, -0.2) is 24.9 Å². The quantitative estimate of drug-likeness (QED) is 0.682. The van der Waals surface area contributed by atoms with E-state index in [1.807, 2.05) is 64.1 Å². The molecule has 5 nitrogen and oxygen atoms in total. The van der Waals surface area contributed by atoms with Gasteiger partial charge in [0.2, 0.25) is 11.8 Å². The third-order valence-corrected chi connectivity index (χ3v) is 5.96. The van der Waals surface area contributed by atoms with Crippen LogP contribution >= 0.6 is 12.4 Å². The van der Waals surface area contributed by atoms with Crippen LogP contribution in [0.4, 0.5) is 11.4 Å². The Balaban J connectivity index is 0.00000300. The SMILES string of the molecule is Cc1cccc(NC(=O)CC2(C(=O)Nc3cccc(C)c3C)CCNC2)c1C.Cl. The first-order valence-corrected chi connectivity index (χ1v) is 9.77. The van der Waals surface area contributed by atoms with Crippen molar-refractivity contribution in [3.63, 3.8) is 0 Å². The van der Waals surface area contributed by atoms with Gasteiger partial charge in [-0.15, -0.1) is 12.4 Å². The monoisotopic (exact) mass is 415 g/mol. The van der Waals surface area contributed by atoms with Crippen LogP contribution in [0.5, 0.6) is 0 Å². The standard InChI is InChI=1S/C23H29N3O2.ClH/c1-15-7-5-9-19(17(15)3)25-21(27)13-23(11-12-24-14-23)22(28)26-20-10-6-8-16(2)18(20)4;/h5-10,24H,11-14H2,1-4H3,(H,25,27)(H,26,28);1H. The molecule has 0 aromatic heterocycles. The van der Waals surface area contributed by atoms with Crippen LogP contribution in [-0.2, 0) is 9.59 Å². The summed E-state index contributed by atoms with van der Waals surface area (Å²) < 4.78 is 0. The molecule has 29 heavy (non-hydrogen) atoms. The summed E-state index contributed by atoms with van der Waals surface area (Å²) in [6.45, 7) is 9.27. The molecule has 3 rings (SSSR count). The van der Waals surface area contributed by atoms with Crippen LogP contribution < -0.4 is 16.0 Å². The van der Waals surface area contributed by atoms with Gasteiger partial charge in [0.1, 0.15) is 0 Å². The van der Waals surface area contributed by atoms with E-state index in [0.29, 0.717) is 13.0 Å². The van der Waals surface area contributed by atoms with Gasteiger partial charge < -0.3 is 16.0 Å². The lowest BCUT2D eigenvalue weighted by Crippen LogP contribution is -2.41. The lowest BCUT2D eigenvalue weighted by atomic mass is 9.82. The summed E-state index contributed by atoms with van der Waals surface area (Å²) in [5, 5.41) is 9.31. The fourth-order valence-electron chi connectivity index (χ4n) is 3.70. The van der Waals surface area contributed by atoms with Gasteiger partial charge in [0.05, 0.1) is 5.41 Å². The van der Waals surface area contributed by atoms with E-state index in [9.17, 15) is 9.59 Å². The topological polar surface area (TPSA) is 70.2 Å². The maximum absolute atomic E-state index is 13.2. The molecule has 1 fully saturated rings. The molecule has 1 unspecified atom stereocenters. The molecule has 2 amide bonds. The fraction of sp³-hybridized carbons (Fsp3) is 0.391. The molecule has 1 aliphatic heterocycles. The normalized spacial score (nSPS) is 18.1. The van der Waals surface area contributed by atoms with Gasteiger partial charge in [0, 0.05) is 24.3 Å². The second kappa shape index (κ2) is 9.42. The van der Waals surface area contributed by atoms with Crippen molar-refractivity contribution in [1.82, 2.24) is 5.32 Å². The van der Waals surface area contributed by atoms with Crippen molar-refractivity contribution >= 4 is 35.6 Å². The molecule has 156 valence electrons. The minimum absolute atomic E-state index is 0. The van der Waals surface area contributed by atoms with Crippen molar-refractivity contribution < 1.29 is 9.59 Å². The molecule has 2 aromatic rings. The highest BCUT2D eigenvalue weighted by atomic mass is 35.5. The maximum atomic E-state index is 13.2. The Bertz CT molecular complexity index is 905. The van der Waals surface area contributed by atoms with Crippen LogP contribution in [0.1, 0.15) is 35.1 Å². The van der Waals surface area contributed by atoms with Gasteiger partial charge in [-0.3, -0.25) is 9.59 Å². The largest absolute Gasteiger partial charge is 0.326 e. The zero-order chi connectivity index (χ0) is 20.3. The molecule has 0 radical (unpaired) electrons. The van der Waals surface area contributed by atoms with E-state index in [-0.39, 0.29) is 30.6 Å². The van der Waals surface area contributed by atoms with Gasteiger partial charge in [-0.2, -0.15) is 0 Å². The molecule has 1 aliphatic rings. The first-order chi connectivity index (χ1) is 13.3. The highest BCUT2D eigenvalue weighted by Crippen LogP contribution is 2.33. The fourth-order valence-corrected chi connectivity index (χ4v) is 3.70. The van der Waals surface area contributed by atoms with E-state index in [1.54, 1.807) is 0 Å². The average molecular weight is 416 g/mol. The molecule has 1 heterocycles.